The Kier molecular flexibility index (Phi) is 8.09. The molecule has 1 aliphatic heterocycles. The zero-order valence-electron chi connectivity index (χ0n) is 19.7. The lowest BCUT2D eigenvalue weighted by Crippen LogP contribution is -2.48. The second-order valence-corrected chi connectivity index (χ2v) is 8.48. The van der Waals surface area contributed by atoms with Gasteiger partial charge < -0.3 is 9.64 Å². The molecule has 1 amide bonds. The van der Waals surface area contributed by atoms with Crippen molar-refractivity contribution in [2.75, 3.05) is 32.8 Å². The molecule has 7 nitrogen and oxygen atoms in total. The third-order valence-corrected chi connectivity index (χ3v) is 6.06. The fraction of sp³-hybridized carbons (Fsp3) is 0.370. The lowest BCUT2D eigenvalue weighted by Gasteiger charge is -2.34. The predicted octanol–water partition coefficient (Wildman–Crippen LogP) is 3.43. The first-order chi connectivity index (χ1) is 16.6. The molecule has 0 unspecified atom stereocenters. The molecule has 0 spiro atoms. The predicted molar refractivity (Wildman–Crippen MR) is 133 cm³/mol. The highest BCUT2D eigenvalue weighted by Gasteiger charge is 2.20. The zero-order valence-corrected chi connectivity index (χ0v) is 19.7. The van der Waals surface area contributed by atoms with Gasteiger partial charge in [-0.25, -0.2) is 4.68 Å². The fourth-order valence-corrected chi connectivity index (χ4v) is 4.19. The maximum Gasteiger partial charge on any atom is 0.266 e. The number of aryl methyl sites for hydroxylation is 1. The normalized spacial score (nSPS) is 14.2. The van der Waals surface area contributed by atoms with Crippen LogP contribution < -0.4 is 10.3 Å². The molecule has 2 aromatic carbocycles. The molecule has 1 aliphatic rings. The highest BCUT2D eigenvalue weighted by molar-refractivity contribution is 5.76. The van der Waals surface area contributed by atoms with Crippen molar-refractivity contribution >= 4 is 5.91 Å². The van der Waals surface area contributed by atoms with Gasteiger partial charge in [0.25, 0.3) is 5.56 Å². The van der Waals surface area contributed by atoms with Gasteiger partial charge in [-0.3, -0.25) is 14.5 Å². The minimum Gasteiger partial charge on any atom is -0.494 e. The van der Waals surface area contributed by atoms with Crippen molar-refractivity contribution in [1.29, 1.82) is 0 Å². The Bertz CT molecular complexity index is 1120. The van der Waals surface area contributed by atoms with Gasteiger partial charge in [-0.2, -0.15) is 5.10 Å². The summed E-state index contributed by atoms with van der Waals surface area (Å²) in [5, 5.41) is 4.51. The monoisotopic (exact) mass is 460 g/mol. The number of benzene rings is 2. The Morgan fingerprint density at radius 1 is 0.941 bits per heavy atom. The first-order valence-electron chi connectivity index (χ1n) is 12.0. The van der Waals surface area contributed by atoms with Gasteiger partial charge in [0.15, 0.2) is 0 Å². The van der Waals surface area contributed by atoms with Crippen molar-refractivity contribution in [3.05, 3.63) is 82.6 Å². The summed E-state index contributed by atoms with van der Waals surface area (Å²) in [5.74, 6) is 0.953. The van der Waals surface area contributed by atoms with E-state index in [1.807, 2.05) is 42.2 Å². The van der Waals surface area contributed by atoms with Crippen molar-refractivity contribution in [2.45, 2.75) is 32.9 Å². The van der Waals surface area contributed by atoms with Crippen LogP contribution in [0.3, 0.4) is 0 Å². The van der Waals surface area contributed by atoms with E-state index in [0.717, 1.165) is 49.7 Å². The van der Waals surface area contributed by atoms with Crippen LogP contribution in [-0.4, -0.2) is 58.3 Å². The van der Waals surface area contributed by atoms with Gasteiger partial charge in [0.05, 0.1) is 12.3 Å². The van der Waals surface area contributed by atoms with Crippen molar-refractivity contribution < 1.29 is 9.53 Å². The molecule has 178 valence electrons. The molecule has 2 heterocycles. The van der Waals surface area contributed by atoms with Gasteiger partial charge in [-0.05, 0) is 49.2 Å². The number of carbonyl (C=O) groups excluding carboxylic acids is 1. The number of amides is 1. The minimum absolute atomic E-state index is 0.148. The summed E-state index contributed by atoms with van der Waals surface area (Å²) in [4.78, 5) is 29.3. The van der Waals surface area contributed by atoms with Crippen LogP contribution in [0.5, 0.6) is 5.75 Å². The molecule has 0 N–H and O–H groups in total. The SMILES string of the molecule is CCOc1ccc(-c2ccc(=O)n(CCCC(=O)N3CCN(Cc4ccccc4)CC3)n2)cc1. The summed E-state index contributed by atoms with van der Waals surface area (Å²) in [6, 6.07) is 21.3. The van der Waals surface area contributed by atoms with Crippen LogP contribution in [0.25, 0.3) is 11.3 Å². The molecule has 4 rings (SSSR count). The van der Waals surface area contributed by atoms with E-state index in [9.17, 15) is 9.59 Å². The molecule has 3 aromatic rings. The van der Waals surface area contributed by atoms with Gasteiger partial charge in [0, 0.05) is 57.3 Å². The maximum atomic E-state index is 12.7. The first kappa shape index (κ1) is 23.7. The molecule has 7 heteroatoms. The van der Waals surface area contributed by atoms with Gasteiger partial charge in [0.2, 0.25) is 5.91 Å². The van der Waals surface area contributed by atoms with Crippen LogP contribution in [-0.2, 0) is 17.9 Å². The molecule has 0 aliphatic carbocycles. The standard InChI is InChI=1S/C27H32N4O3/c1-2-34-24-12-10-23(11-13-24)25-14-15-27(33)31(28-25)16-6-9-26(32)30-19-17-29(18-20-30)21-22-7-4-3-5-8-22/h3-5,7-8,10-15H,2,6,9,16-21H2,1H3. The lowest BCUT2D eigenvalue weighted by atomic mass is 10.1. The topological polar surface area (TPSA) is 67.7 Å². The third kappa shape index (κ3) is 6.32. The average molecular weight is 461 g/mol. The van der Waals surface area contributed by atoms with Crippen molar-refractivity contribution in [1.82, 2.24) is 19.6 Å². The quantitative estimate of drug-likeness (QED) is 0.489. The number of hydrogen-bond acceptors (Lipinski definition) is 5. The second-order valence-electron chi connectivity index (χ2n) is 8.48. The van der Waals surface area contributed by atoms with Crippen molar-refractivity contribution in [3.8, 4) is 17.0 Å². The molecule has 0 radical (unpaired) electrons. The lowest BCUT2D eigenvalue weighted by molar-refractivity contribution is -0.133. The second kappa shape index (κ2) is 11.6. The first-order valence-corrected chi connectivity index (χ1v) is 12.0. The van der Waals surface area contributed by atoms with Crippen LogP contribution in [0.15, 0.2) is 71.5 Å². The molecule has 0 bridgehead atoms. The number of hydrogen-bond donors (Lipinski definition) is 0. The third-order valence-electron chi connectivity index (χ3n) is 6.06. The molecule has 0 atom stereocenters. The largest absolute Gasteiger partial charge is 0.494 e. The molecule has 1 saturated heterocycles. The smallest absolute Gasteiger partial charge is 0.266 e. The van der Waals surface area contributed by atoms with Crippen LogP contribution >= 0.6 is 0 Å². The highest BCUT2D eigenvalue weighted by atomic mass is 16.5. The molecule has 1 aromatic heterocycles. The van der Waals surface area contributed by atoms with E-state index in [1.165, 1.54) is 16.3 Å². The van der Waals surface area contributed by atoms with E-state index in [2.05, 4.69) is 34.3 Å². The number of nitrogens with zero attached hydrogens (tertiary/aromatic N) is 4. The van der Waals surface area contributed by atoms with Crippen molar-refractivity contribution in [3.63, 3.8) is 0 Å². The number of piperazine rings is 1. The number of aromatic nitrogens is 2. The molecule has 0 saturated carbocycles. The summed E-state index contributed by atoms with van der Waals surface area (Å²) >= 11 is 0. The number of carbonyl (C=O) groups is 1. The minimum atomic E-state index is -0.156. The van der Waals surface area contributed by atoms with Crippen LogP contribution in [0, 0.1) is 0 Å². The van der Waals surface area contributed by atoms with Crippen LogP contribution in [0.4, 0.5) is 0 Å². The molecular formula is C27H32N4O3. The van der Waals surface area contributed by atoms with Crippen LogP contribution in [0.2, 0.25) is 0 Å². The van der Waals surface area contributed by atoms with E-state index < -0.39 is 0 Å². The zero-order chi connectivity index (χ0) is 23.8. The fourth-order valence-electron chi connectivity index (χ4n) is 4.19. The molecule has 34 heavy (non-hydrogen) atoms. The summed E-state index contributed by atoms with van der Waals surface area (Å²) in [5.41, 5.74) is 2.79. The molecule has 1 fully saturated rings. The Morgan fingerprint density at radius 3 is 2.38 bits per heavy atom. The Morgan fingerprint density at radius 2 is 1.68 bits per heavy atom. The number of ether oxygens (including phenoxy) is 1. The van der Waals surface area contributed by atoms with E-state index >= 15 is 0 Å². The van der Waals surface area contributed by atoms with Gasteiger partial charge >= 0.3 is 0 Å². The van der Waals surface area contributed by atoms with Gasteiger partial charge in [-0.15, -0.1) is 0 Å². The van der Waals surface area contributed by atoms with Gasteiger partial charge in [0.1, 0.15) is 5.75 Å². The maximum absolute atomic E-state index is 12.7. The number of rotatable bonds is 9. The highest BCUT2D eigenvalue weighted by Crippen LogP contribution is 2.20. The van der Waals surface area contributed by atoms with Gasteiger partial charge in [-0.1, -0.05) is 30.3 Å². The van der Waals surface area contributed by atoms with E-state index in [4.69, 9.17) is 4.74 Å². The van der Waals surface area contributed by atoms with E-state index in [0.29, 0.717) is 26.0 Å². The van der Waals surface area contributed by atoms with E-state index in [-0.39, 0.29) is 11.5 Å². The average Bonchev–Trinajstić information content (AvgIpc) is 2.87. The summed E-state index contributed by atoms with van der Waals surface area (Å²) in [7, 11) is 0. The Balaban J connectivity index is 1.26. The summed E-state index contributed by atoms with van der Waals surface area (Å²) in [6.07, 6.45) is 1.00. The van der Waals surface area contributed by atoms with Crippen LogP contribution in [0.1, 0.15) is 25.3 Å². The Labute approximate surface area is 200 Å². The Hall–Kier alpha value is -3.45. The van der Waals surface area contributed by atoms with E-state index in [1.54, 1.807) is 6.07 Å². The summed E-state index contributed by atoms with van der Waals surface area (Å²) < 4.78 is 6.94. The molecular weight excluding hydrogens is 428 g/mol. The summed E-state index contributed by atoms with van der Waals surface area (Å²) in [6.45, 7) is 7.16. The van der Waals surface area contributed by atoms with Crippen molar-refractivity contribution in [2.24, 2.45) is 0 Å².